The minimum absolute atomic E-state index is 0.0857. The van der Waals surface area contributed by atoms with E-state index in [9.17, 15) is 0 Å². The van der Waals surface area contributed by atoms with E-state index in [0.29, 0.717) is 0 Å². The molecule has 1 aromatic rings. The number of H-pyrrole nitrogens is 1. The molecule has 0 fully saturated rings. The molecule has 0 radical (unpaired) electrons. The Hall–Kier alpha value is -0.570. The summed E-state index contributed by atoms with van der Waals surface area (Å²) < 4.78 is 2.99. The number of nitrogens with zero attached hydrogens (tertiary/aromatic N) is 1. The van der Waals surface area contributed by atoms with Gasteiger partial charge in [-0.3, -0.25) is 0 Å². The molecule has 0 amide bonds. The summed E-state index contributed by atoms with van der Waals surface area (Å²) in [6.07, 6.45) is 3.01. The Bertz CT molecular complexity index is 314. The van der Waals surface area contributed by atoms with Crippen LogP contribution in [0.1, 0.15) is 33.4 Å². The fraction of sp³-hybridized carbons (Fsp3) is 0.667. The van der Waals surface area contributed by atoms with Crippen LogP contribution in [0.25, 0.3) is 0 Å². The summed E-state index contributed by atoms with van der Waals surface area (Å²) in [5.41, 5.74) is 1.36. The van der Waals surface area contributed by atoms with Gasteiger partial charge in [-0.2, -0.15) is 0 Å². The summed E-state index contributed by atoms with van der Waals surface area (Å²) in [6, 6.07) is 0. The maximum atomic E-state index is 5.19. The molecule has 1 rings (SSSR count). The van der Waals surface area contributed by atoms with Gasteiger partial charge in [0.1, 0.15) is 0 Å². The minimum atomic E-state index is 0.0857. The van der Waals surface area contributed by atoms with Crippen molar-refractivity contribution in [2.75, 3.05) is 0 Å². The van der Waals surface area contributed by atoms with Gasteiger partial charge in [-0.05, 0) is 39.4 Å². The Morgan fingerprint density at radius 1 is 1.50 bits per heavy atom. The van der Waals surface area contributed by atoms with E-state index in [1.54, 1.807) is 0 Å². The summed E-state index contributed by atoms with van der Waals surface area (Å²) in [6.45, 7) is 8.63. The highest BCUT2D eigenvalue weighted by molar-refractivity contribution is 7.71. The Labute approximate surface area is 78.6 Å². The van der Waals surface area contributed by atoms with Gasteiger partial charge in [0.2, 0.25) is 0 Å². The van der Waals surface area contributed by atoms with E-state index in [2.05, 4.69) is 37.2 Å². The maximum absolute atomic E-state index is 5.19. The molecule has 12 heavy (non-hydrogen) atoms. The van der Waals surface area contributed by atoms with E-state index < -0.39 is 0 Å². The van der Waals surface area contributed by atoms with E-state index in [1.165, 1.54) is 5.69 Å². The fourth-order valence-electron chi connectivity index (χ4n) is 1.40. The third-order valence-corrected chi connectivity index (χ3v) is 2.19. The molecule has 1 N–H and O–H groups in total. The molecule has 0 aromatic carbocycles. The Kier molecular flexibility index (Phi) is 2.42. The SMILES string of the molecule is CCc1c[nH]c(=S)n1C(C)(C)C. The number of rotatable bonds is 1. The molecule has 0 bridgehead atoms. The zero-order valence-electron chi connectivity index (χ0n) is 8.14. The van der Waals surface area contributed by atoms with E-state index in [1.807, 2.05) is 6.20 Å². The third-order valence-electron chi connectivity index (χ3n) is 1.89. The van der Waals surface area contributed by atoms with Crippen molar-refractivity contribution < 1.29 is 0 Å². The van der Waals surface area contributed by atoms with Crippen LogP contribution < -0.4 is 0 Å². The maximum Gasteiger partial charge on any atom is 0.177 e. The van der Waals surface area contributed by atoms with Crippen molar-refractivity contribution in [2.24, 2.45) is 0 Å². The Morgan fingerprint density at radius 3 is 2.42 bits per heavy atom. The van der Waals surface area contributed by atoms with Crippen molar-refractivity contribution in [2.45, 2.75) is 39.7 Å². The number of imidazole rings is 1. The van der Waals surface area contributed by atoms with Crippen molar-refractivity contribution in [3.8, 4) is 0 Å². The minimum Gasteiger partial charge on any atom is -0.337 e. The van der Waals surface area contributed by atoms with Crippen molar-refractivity contribution in [1.82, 2.24) is 9.55 Å². The second kappa shape index (κ2) is 3.05. The van der Waals surface area contributed by atoms with Crippen LogP contribution in [-0.4, -0.2) is 9.55 Å². The number of aryl methyl sites for hydroxylation is 1. The number of aromatic nitrogens is 2. The first kappa shape index (κ1) is 9.52. The molecule has 68 valence electrons. The van der Waals surface area contributed by atoms with Gasteiger partial charge in [0.05, 0.1) is 0 Å². The highest BCUT2D eigenvalue weighted by atomic mass is 32.1. The highest BCUT2D eigenvalue weighted by Gasteiger charge is 2.16. The van der Waals surface area contributed by atoms with E-state index in [0.717, 1.165) is 11.2 Å². The van der Waals surface area contributed by atoms with Crippen LogP contribution in [0.4, 0.5) is 0 Å². The zero-order valence-corrected chi connectivity index (χ0v) is 8.96. The number of hydrogen-bond acceptors (Lipinski definition) is 1. The standard InChI is InChI=1S/C9H16N2S/c1-5-7-6-10-8(12)11(7)9(2,3)4/h6H,5H2,1-4H3,(H,10,12). The molecule has 0 saturated carbocycles. The molecule has 0 saturated heterocycles. The molecule has 3 heteroatoms. The first-order chi connectivity index (χ1) is 5.46. The largest absolute Gasteiger partial charge is 0.337 e. The fourth-order valence-corrected chi connectivity index (χ4v) is 1.85. The number of aromatic amines is 1. The number of nitrogens with one attached hydrogen (secondary N) is 1. The van der Waals surface area contributed by atoms with Crippen LogP contribution in [-0.2, 0) is 12.0 Å². The lowest BCUT2D eigenvalue weighted by Crippen LogP contribution is -2.23. The Balaban J connectivity index is 3.29. The van der Waals surface area contributed by atoms with Gasteiger partial charge >= 0.3 is 0 Å². The van der Waals surface area contributed by atoms with E-state index >= 15 is 0 Å². The van der Waals surface area contributed by atoms with Gasteiger partial charge < -0.3 is 9.55 Å². The first-order valence-corrected chi connectivity index (χ1v) is 4.67. The van der Waals surface area contributed by atoms with Gasteiger partial charge in [-0.1, -0.05) is 6.92 Å². The lowest BCUT2D eigenvalue weighted by Gasteiger charge is -2.23. The van der Waals surface area contributed by atoms with Crippen molar-refractivity contribution >= 4 is 12.2 Å². The number of hydrogen-bond donors (Lipinski definition) is 1. The van der Waals surface area contributed by atoms with Gasteiger partial charge in [-0.15, -0.1) is 0 Å². The Morgan fingerprint density at radius 2 is 2.08 bits per heavy atom. The molecular formula is C9H16N2S. The van der Waals surface area contributed by atoms with Crippen LogP contribution in [0.3, 0.4) is 0 Å². The molecule has 0 aliphatic heterocycles. The second-order valence-electron chi connectivity index (χ2n) is 3.94. The predicted molar refractivity (Wildman–Crippen MR) is 54.0 cm³/mol. The molecule has 1 aromatic heterocycles. The summed E-state index contributed by atoms with van der Waals surface area (Å²) in [4.78, 5) is 3.07. The third kappa shape index (κ3) is 1.61. The molecule has 2 nitrogen and oxygen atoms in total. The van der Waals surface area contributed by atoms with E-state index in [4.69, 9.17) is 12.2 Å². The highest BCUT2D eigenvalue weighted by Crippen LogP contribution is 2.17. The quantitative estimate of drug-likeness (QED) is 0.666. The van der Waals surface area contributed by atoms with Gasteiger partial charge in [0.15, 0.2) is 4.77 Å². The van der Waals surface area contributed by atoms with Gasteiger partial charge in [0.25, 0.3) is 0 Å². The lowest BCUT2D eigenvalue weighted by molar-refractivity contribution is 0.381. The van der Waals surface area contributed by atoms with Crippen molar-refractivity contribution in [3.63, 3.8) is 0 Å². The van der Waals surface area contributed by atoms with Crippen LogP contribution in [0.15, 0.2) is 6.20 Å². The predicted octanol–water partition coefficient (Wildman–Crippen LogP) is 2.86. The van der Waals surface area contributed by atoms with E-state index in [-0.39, 0.29) is 5.54 Å². The van der Waals surface area contributed by atoms with Gasteiger partial charge in [-0.25, -0.2) is 0 Å². The molecule has 0 aliphatic rings. The summed E-state index contributed by atoms with van der Waals surface area (Å²) >= 11 is 5.19. The molecule has 0 aliphatic carbocycles. The molecule has 0 atom stereocenters. The smallest absolute Gasteiger partial charge is 0.177 e. The average Bonchev–Trinajstić information content (AvgIpc) is 2.29. The molecule has 1 heterocycles. The van der Waals surface area contributed by atoms with Crippen molar-refractivity contribution in [3.05, 3.63) is 16.7 Å². The zero-order chi connectivity index (χ0) is 9.35. The summed E-state index contributed by atoms with van der Waals surface area (Å²) in [7, 11) is 0. The normalized spacial score (nSPS) is 12.0. The monoisotopic (exact) mass is 184 g/mol. The average molecular weight is 184 g/mol. The lowest BCUT2D eigenvalue weighted by atomic mass is 10.1. The summed E-state index contributed by atoms with van der Waals surface area (Å²) in [5, 5.41) is 0. The molecular weight excluding hydrogens is 168 g/mol. The first-order valence-electron chi connectivity index (χ1n) is 4.26. The van der Waals surface area contributed by atoms with Gasteiger partial charge in [0, 0.05) is 17.4 Å². The second-order valence-corrected chi connectivity index (χ2v) is 4.33. The molecule has 0 spiro atoms. The van der Waals surface area contributed by atoms with Crippen LogP contribution >= 0.6 is 12.2 Å². The van der Waals surface area contributed by atoms with Crippen LogP contribution in [0.2, 0.25) is 0 Å². The van der Waals surface area contributed by atoms with Crippen molar-refractivity contribution in [1.29, 1.82) is 0 Å². The van der Waals surface area contributed by atoms with Crippen LogP contribution in [0, 0.1) is 4.77 Å². The topological polar surface area (TPSA) is 20.7 Å². The summed E-state index contributed by atoms with van der Waals surface area (Å²) in [5.74, 6) is 0. The molecule has 0 unspecified atom stereocenters. The van der Waals surface area contributed by atoms with Crippen LogP contribution in [0.5, 0.6) is 0 Å².